The van der Waals surface area contributed by atoms with Crippen LogP contribution in [0.15, 0.2) is 24.3 Å². The lowest BCUT2D eigenvalue weighted by Gasteiger charge is -2.05. The quantitative estimate of drug-likeness (QED) is 0.818. The predicted octanol–water partition coefficient (Wildman–Crippen LogP) is 3.36. The standard InChI is InChI=1S/C15H16N2O2S/c1-3-13-14(7-8-16)20-15(17-13)10-19-12-6-4-5-11(9-12)18-2/h4-6,9H,3,7,10H2,1-2H3. The van der Waals surface area contributed by atoms with Crippen molar-refractivity contribution in [2.75, 3.05) is 7.11 Å². The zero-order valence-corrected chi connectivity index (χ0v) is 12.4. The van der Waals surface area contributed by atoms with Gasteiger partial charge in [-0.1, -0.05) is 13.0 Å². The van der Waals surface area contributed by atoms with Gasteiger partial charge in [0.25, 0.3) is 0 Å². The zero-order valence-electron chi connectivity index (χ0n) is 11.5. The first-order valence-corrected chi connectivity index (χ1v) is 7.19. The molecule has 0 saturated heterocycles. The Bertz CT molecular complexity index is 617. The van der Waals surface area contributed by atoms with Crippen LogP contribution in [0.1, 0.15) is 22.5 Å². The Hall–Kier alpha value is -2.06. The molecular weight excluding hydrogens is 272 g/mol. The van der Waals surface area contributed by atoms with Crippen LogP contribution in [0.25, 0.3) is 0 Å². The van der Waals surface area contributed by atoms with Crippen LogP contribution in [0.4, 0.5) is 0 Å². The van der Waals surface area contributed by atoms with Gasteiger partial charge in [-0.05, 0) is 18.6 Å². The van der Waals surface area contributed by atoms with Crippen molar-refractivity contribution < 1.29 is 9.47 Å². The van der Waals surface area contributed by atoms with Crippen LogP contribution in [0.3, 0.4) is 0 Å². The minimum Gasteiger partial charge on any atom is -0.497 e. The van der Waals surface area contributed by atoms with Crippen LogP contribution >= 0.6 is 11.3 Å². The number of rotatable bonds is 6. The van der Waals surface area contributed by atoms with Gasteiger partial charge < -0.3 is 9.47 Å². The lowest BCUT2D eigenvalue weighted by molar-refractivity contribution is 0.303. The first kappa shape index (κ1) is 14.4. The summed E-state index contributed by atoms with van der Waals surface area (Å²) in [5.41, 5.74) is 1.00. The SMILES string of the molecule is CCc1nc(COc2cccc(OC)c2)sc1CC#N. The maximum atomic E-state index is 8.80. The van der Waals surface area contributed by atoms with E-state index in [0.29, 0.717) is 13.0 Å². The molecule has 0 aliphatic carbocycles. The Kier molecular flexibility index (Phi) is 4.97. The lowest BCUT2D eigenvalue weighted by atomic mass is 10.2. The van der Waals surface area contributed by atoms with Crippen molar-refractivity contribution in [3.05, 3.63) is 39.8 Å². The number of aromatic nitrogens is 1. The molecule has 0 aliphatic rings. The van der Waals surface area contributed by atoms with Crippen molar-refractivity contribution in [2.24, 2.45) is 0 Å². The van der Waals surface area contributed by atoms with E-state index in [2.05, 4.69) is 11.1 Å². The van der Waals surface area contributed by atoms with Crippen molar-refractivity contribution >= 4 is 11.3 Å². The highest BCUT2D eigenvalue weighted by molar-refractivity contribution is 7.11. The summed E-state index contributed by atoms with van der Waals surface area (Å²) < 4.78 is 10.9. The van der Waals surface area contributed by atoms with Crippen molar-refractivity contribution in [1.82, 2.24) is 4.98 Å². The number of methoxy groups -OCH3 is 1. The summed E-state index contributed by atoms with van der Waals surface area (Å²) in [4.78, 5) is 5.56. The van der Waals surface area contributed by atoms with Crippen LogP contribution in [0.2, 0.25) is 0 Å². The molecule has 0 spiro atoms. The highest BCUT2D eigenvalue weighted by atomic mass is 32.1. The predicted molar refractivity (Wildman–Crippen MR) is 78.1 cm³/mol. The van der Waals surface area contributed by atoms with E-state index in [4.69, 9.17) is 14.7 Å². The average molecular weight is 288 g/mol. The number of benzene rings is 1. The third-order valence-corrected chi connectivity index (χ3v) is 3.87. The zero-order chi connectivity index (χ0) is 14.4. The fraction of sp³-hybridized carbons (Fsp3) is 0.333. The Morgan fingerprint density at radius 1 is 1.35 bits per heavy atom. The van der Waals surface area contributed by atoms with Gasteiger partial charge in [0.2, 0.25) is 0 Å². The number of hydrogen-bond acceptors (Lipinski definition) is 5. The Labute approximate surface area is 122 Å². The molecular formula is C15H16N2O2S. The molecule has 0 saturated carbocycles. The van der Waals surface area contributed by atoms with Gasteiger partial charge in [0.05, 0.1) is 25.3 Å². The molecule has 2 rings (SSSR count). The molecule has 0 bridgehead atoms. The normalized spacial score (nSPS) is 10.1. The van der Waals surface area contributed by atoms with E-state index in [-0.39, 0.29) is 0 Å². The minimum atomic E-state index is 0.413. The van der Waals surface area contributed by atoms with Crippen molar-refractivity contribution in [3.8, 4) is 17.6 Å². The maximum Gasteiger partial charge on any atom is 0.140 e. The van der Waals surface area contributed by atoms with E-state index in [1.165, 1.54) is 0 Å². The highest BCUT2D eigenvalue weighted by Gasteiger charge is 2.10. The number of nitriles is 1. The Morgan fingerprint density at radius 2 is 2.15 bits per heavy atom. The average Bonchev–Trinajstić information content (AvgIpc) is 2.88. The smallest absolute Gasteiger partial charge is 0.140 e. The van der Waals surface area contributed by atoms with E-state index in [0.717, 1.165) is 33.5 Å². The lowest BCUT2D eigenvalue weighted by Crippen LogP contribution is -1.95. The molecule has 0 aliphatic heterocycles. The van der Waals surface area contributed by atoms with Crippen LogP contribution < -0.4 is 9.47 Å². The maximum absolute atomic E-state index is 8.80. The van der Waals surface area contributed by atoms with Gasteiger partial charge in [-0.2, -0.15) is 5.26 Å². The molecule has 0 amide bonds. The van der Waals surface area contributed by atoms with Gasteiger partial charge in [0.15, 0.2) is 0 Å². The van der Waals surface area contributed by atoms with Gasteiger partial charge in [-0.3, -0.25) is 0 Å². The van der Waals surface area contributed by atoms with Gasteiger partial charge in [0.1, 0.15) is 23.1 Å². The van der Waals surface area contributed by atoms with Crippen LogP contribution in [-0.4, -0.2) is 12.1 Å². The minimum absolute atomic E-state index is 0.413. The monoisotopic (exact) mass is 288 g/mol. The summed E-state index contributed by atoms with van der Waals surface area (Å²) in [5.74, 6) is 1.51. The van der Waals surface area contributed by atoms with Crippen molar-refractivity contribution in [1.29, 1.82) is 5.26 Å². The number of ether oxygens (including phenoxy) is 2. The molecule has 1 aromatic carbocycles. The Balaban J connectivity index is 2.05. The van der Waals surface area contributed by atoms with Crippen LogP contribution in [0.5, 0.6) is 11.5 Å². The summed E-state index contributed by atoms with van der Waals surface area (Å²) >= 11 is 1.55. The second-order valence-electron chi connectivity index (χ2n) is 4.13. The van der Waals surface area contributed by atoms with Gasteiger partial charge in [-0.15, -0.1) is 11.3 Å². The molecule has 0 N–H and O–H groups in total. The van der Waals surface area contributed by atoms with E-state index in [1.807, 2.05) is 31.2 Å². The van der Waals surface area contributed by atoms with Crippen LogP contribution in [0, 0.1) is 11.3 Å². The second-order valence-corrected chi connectivity index (χ2v) is 5.30. The molecule has 2 aromatic rings. The summed E-state index contributed by atoms with van der Waals surface area (Å²) in [6.07, 6.45) is 1.26. The number of nitrogens with zero attached hydrogens (tertiary/aromatic N) is 2. The molecule has 5 heteroatoms. The van der Waals surface area contributed by atoms with E-state index < -0.39 is 0 Å². The Morgan fingerprint density at radius 3 is 2.85 bits per heavy atom. The van der Waals surface area contributed by atoms with Crippen LogP contribution in [-0.2, 0) is 19.4 Å². The fourth-order valence-corrected chi connectivity index (χ4v) is 2.82. The molecule has 4 nitrogen and oxygen atoms in total. The molecule has 0 fully saturated rings. The molecule has 0 radical (unpaired) electrons. The molecule has 0 atom stereocenters. The van der Waals surface area contributed by atoms with Crippen molar-refractivity contribution in [3.63, 3.8) is 0 Å². The molecule has 1 heterocycles. The molecule has 20 heavy (non-hydrogen) atoms. The fourth-order valence-electron chi connectivity index (χ4n) is 1.82. The first-order chi connectivity index (χ1) is 9.76. The summed E-state index contributed by atoms with van der Waals surface area (Å²) in [6.45, 7) is 2.46. The highest BCUT2D eigenvalue weighted by Crippen LogP contribution is 2.23. The second kappa shape index (κ2) is 6.92. The molecule has 1 aromatic heterocycles. The number of aryl methyl sites for hydroxylation is 1. The van der Waals surface area contributed by atoms with Gasteiger partial charge in [-0.25, -0.2) is 4.98 Å². The molecule has 104 valence electrons. The summed E-state index contributed by atoms with van der Waals surface area (Å²) in [7, 11) is 1.63. The number of hydrogen-bond donors (Lipinski definition) is 0. The van der Waals surface area contributed by atoms with Gasteiger partial charge in [0, 0.05) is 10.9 Å². The topological polar surface area (TPSA) is 55.1 Å². The van der Waals surface area contributed by atoms with Crippen molar-refractivity contribution in [2.45, 2.75) is 26.4 Å². The molecule has 0 unspecified atom stereocenters. The third-order valence-electron chi connectivity index (χ3n) is 2.80. The summed E-state index contributed by atoms with van der Waals surface area (Å²) in [6, 6.07) is 9.65. The third kappa shape index (κ3) is 3.49. The van der Waals surface area contributed by atoms with E-state index in [1.54, 1.807) is 18.4 Å². The summed E-state index contributed by atoms with van der Waals surface area (Å²) in [5, 5.41) is 9.70. The van der Waals surface area contributed by atoms with E-state index >= 15 is 0 Å². The van der Waals surface area contributed by atoms with E-state index in [9.17, 15) is 0 Å². The largest absolute Gasteiger partial charge is 0.497 e. The number of thiazole rings is 1. The van der Waals surface area contributed by atoms with Gasteiger partial charge >= 0.3 is 0 Å². The first-order valence-electron chi connectivity index (χ1n) is 6.38.